The molecule has 0 radical (unpaired) electrons. The largest absolute Gasteiger partial charge is 0.545 e. The van der Waals surface area contributed by atoms with Gasteiger partial charge in [0.05, 0.1) is 11.7 Å². The van der Waals surface area contributed by atoms with E-state index in [9.17, 15) is 19.8 Å². The van der Waals surface area contributed by atoms with Crippen molar-refractivity contribution in [2.75, 3.05) is 0 Å². The van der Waals surface area contributed by atoms with Gasteiger partial charge in [0.2, 0.25) is 5.88 Å². The van der Waals surface area contributed by atoms with Crippen molar-refractivity contribution in [3.8, 4) is 11.9 Å². The van der Waals surface area contributed by atoms with Crippen LogP contribution in [0.1, 0.15) is 21.5 Å². The average molecular weight is 346 g/mol. The molecule has 8 nitrogen and oxygen atoms in total. The van der Waals surface area contributed by atoms with Gasteiger partial charge >= 0.3 is 0 Å². The van der Waals surface area contributed by atoms with Crippen LogP contribution in [0.4, 0.5) is 11.4 Å². The van der Waals surface area contributed by atoms with Crippen LogP contribution in [-0.2, 0) is 7.05 Å². The van der Waals surface area contributed by atoms with Crippen molar-refractivity contribution in [1.29, 1.82) is 5.26 Å². The fraction of sp³-hybridized carbons (Fsp3) is 0.133. The van der Waals surface area contributed by atoms with Crippen molar-refractivity contribution in [3.63, 3.8) is 0 Å². The van der Waals surface area contributed by atoms with Crippen LogP contribution in [0.5, 0.6) is 5.88 Å². The molecule has 0 saturated carbocycles. The molecule has 1 heterocycles. The number of carbonyl (C=O) groups excluding carboxylic acids is 1. The number of nitriles is 1. The Morgan fingerprint density at radius 3 is 2.67 bits per heavy atom. The Morgan fingerprint density at radius 2 is 2.08 bits per heavy atom. The Hall–Kier alpha value is -3.18. The lowest BCUT2D eigenvalue weighted by atomic mass is 10.1. The van der Waals surface area contributed by atoms with Gasteiger partial charge in [-0.25, -0.2) is 0 Å². The quantitative estimate of drug-likeness (QED) is 0.846. The predicted molar refractivity (Wildman–Crippen MR) is 82.8 cm³/mol. The lowest BCUT2D eigenvalue weighted by molar-refractivity contribution is -0.255. The molecule has 0 bridgehead atoms. The molecule has 0 fully saturated rings. The molecular formula is C15H10ClN4O4-. The average Bonchev–Trinajstić information content (AvgIpc) is 2.54. The van der Waals surface area contributed by atoms with Crippen LogP contribution in [0, 0.1) is 18.3 Å². The first-order valence-corrected chi connectivity index (χ1v) is 6.91. The van der Waals surface area contributed by atoms with E-state index in [1.807, 2.05) is 0 Å². The molecule has 0 aliphatic rings. The van der Waals surface area contributed by atoms with Gasteiger partial charge < -0.3 is 15.0 Å². The third-order valence-corrected chi connectivity index (χ3v) is 3.66. The van der Waals surface area contributed by atoms with Gasteiger partial charge in [-0.15, -0.1) is 5.11 Å². The maximum atomic E-state index is 12.1. The fourth-order valence-corrected chi connectivity index (χ4v) is 2.16. The second-order valence-electron chi connectivity index (χ2n) is 4.80. The van der Waals surface area contributed by atoms with Crippen LogP contribution in [0.25, 0.3) is 0 Å². The predicted octanol–water partition coefficient (Wildman–Crippen LogP) is 1.70. The van der Waals surface area contributed by atoms with Crippen LogP contribution in [0.3, 0.4) is 0 Å². The van der Waals surface area contributed by atoms with Crippen molar-refractivity contribution < 1.29 is 15.0 Å². The number of pyridine rings is 1. The molecule has 1 N–H and O–H groups in total. The molecular weight excluding hydrogens is 336 g/mol. The topological polar surface area (TPSA) is 131 Å². The standard InChI is InChI=1S/C15H11ClN4O4/c1-7-10(6-17)13(21)20(2)14(22)12(7)19-18-8-3-4-11(16)9(5-8)15(23)24/h3-5,21H,1-2H3,(H,23,24)/p-1. The molecule has 1 aromatic heterocycles. The molecule has 122 valence electrons. The summed E-state index contributed by atoms with van der Waals surface area (Å²) in [4.78, 5) is 23.1. The van der Waals surface area contributed by atoms with Crippen molar-refractivity contribution in [1.82, 2.24) is 4.57 Å². The minimum absolute atomic E-state index is 0.0163. The number of nitrogens with zero attached hydrogens (tertiary/aromatic N) is 4. The smallest absolute Gasteiger partial charge is 0.281 e. The monoisotopic (exact) mass is 345 g/mol. The summed E-state index contributed by atoms with van der Waals surface area (Å²) < 4.78 is 0.869. The van der Waals surface area contributed by atoms with Crippen LogP contribution in [0.2, 0.25) is 5.02 Å². The number of azo groups is 1. The lowest BCUT2D eigenvalue weighted by Gasteiger charge is -2.08. The summed E-state index contributed by atoms with van der Waals surface area (Å²) in [6.45, 7) is 1.45. The lowest BCUT2D eigenvalue weighted by Crippen LogP contribution is -2.22. The molecule has 2 rings (SSSR count). The number of carbonyl (C=O) groups is 1. The molecule has 0 aliphatic heterocycles. The highest BCUT2D eigenvalue weighted by atomic mass is 35.5. The third-order valence-electron chi connectivity index (χ3n) is 3.33. The third kappa shape index (κ3) is 2.98. The first kappa shape index (κ1) is 17.2. The summed E-state index contributed by atoms with van der Waals surface area (Å²) in [5, 5.41) is 37.4. The van der Waals surface area contributed by atoms with Gasteiger partial charge in [-0.2, -0.15) is 10.4 Å². The summed E-state index contributed by atoms with van der Waals surface area (Å²) in [7, 11) is 1.29. The van der Waals surface area contributed by atoms with E-state index in [0.717, 1.165) is 10.6 Å². The van der Waals surface area contributed by atoms with E-state index >= 15 is 0 Å². The second kappa shape index (κ2) is 6.52. The molecule has 0 saturated heterocycles. The zero-order valence-electron chi connectivity index (χ0n) is 12.6. The van der Waals surface area contributed by atoms with Crippen molar-refractivity contribution in [2.24, 2.45) is 17.3 Å². The Labute approximate surface area is 140 Å². The van der Waals surface area contributed by atoms with Gasteiger partial charge in [-0.3, -0.25) is 9.36 Å². The number of benzene rings is 1. The number of aromatic hydroxyl groups is 1. The number of halogens is 1. The van der Waals surface area contributed by atoms with Gasteiger partial charge in [-0.05, 0) is 25.1 Å². The Bertz CT molecular complexity index is 973. The van der Waals surface area contributed by atoms with Crippen LogP contribution >= 0.6 is 11.6 Å². The zero-order chi connectivity index (χ0) is 18.0. The van der Waals surface area contributed by atoms with Gasteiger partial charge in [0.15, 0.2) is 5.69 Å². The summed E-state index contributed by atoms with van der Waals surface area (Å²) in [6, 6.07) is 5.65. The normalized spacial score (nSPS) is 10.8. The number of aromatic carboxylic acids is 1. The van der Waals surface area contributed by atoms with Crippen LogP contribution in [-0.4, -0.2) is 15.6 Å². The zero-order valence-corrected chi connectivity index (χ0v) is 13.3. The SMILES string of the molecule is Cc1c(C#N)c(O)n(C)c(=O)c1N=Nc1ccc(Cl)c(C(=O)[O-])c1. The summed E-state index contributed by atoms with van der Waals surface area (Å²) >= 11 is 5.73. The minimum Gasteiger partial charge on any atom is -0.545 e. The number of hydrogen-bond donors (Lipinski definition) is 1. The summed E-state index contributed by atoms with van der Waals surface area (Å²) in [5.41, 5.74) is -0.861. The van der Waals surface area contributed by atoms with E-state index in [1.54, 1.807) is 6.07 Å². The molecule has 9 heteroatoms. The first-order chi connectivity index (χ1) is 11.3. The second-order valence-corrected chi connectivity index (χ2v) is 5.21. The van der Waals surface area contributed by atoms with E-state index in [1.165, 1.54) is 26.1 Å². The van der Waals surface area contributed by atoms with E-state index in [-0.39, 0.29) is 33.1 Å². The van der Waals surface area contributed by atoms with Crippen LogP contribution < -0.4 is 10.7 Å². The fourth-order valence-electron chi connectivity index (χ4n) is 1.96. The van der Waals surface area contributed by atoms with Gasteiger partial charge in [0.1, 0.15) is 11.6 Å². The molecule has 0 unspecified atom stereocenters. The molecule has 0 spiro atoms. The molecule has 2 aromatic rings. The molecule has 0 aliphatic carbocycles. The maximum absolute atomic E-state index is 12.1. The highest BCUT2D eigenvalue weighted by molar-refractivity contribution is 6.33. The highest BCUT2D eigenvalue weighted by Gasteiger charge is 2.17. The van der Waals surface area contributed by atoms with E-state index in [4.69, 9.17) is 16.9 Å². The molecule has 0 amide bonds. The van der Waals surface area contributed by atoms with Gasteiger partial charge in [0.25, 0.3) is 5.56 Å². The summed E-state index contributed by atoms with van der Waals surface area (Å²) in [5.74, 6) is -1.94. The number of carboxylic acid groups (broad SMARTS) is 1. The van der Waals surface area contributed by atoms with Crippen molar-refractivity contribution in [2.45, 2.75) is 6.92 Å². The molecule has 24 heavy (non-hydrogen) atoms. The van der Waals surface area contributed by atoms with E-state index in [0.29, 0.717) is 0 Å². The van der Waals surface area contributed by atoms with Crippen molar-refractivity contribution in [3.05, 3.63) is 50.3 Å². The molecule has 1 aromatic carbocycles. The van der Waals surface area contributed by atoms with E-state index in [2.05, 4.69) is 10.2 Å². The maximum Gasteiger partial charge on any atom is 0.281 e. The molecule has 0 atom stereocenters. The number of carboxylic acids is 1. The summed E-state index contributed by atoms with van der Waals surface area (Å²) in [6.07, 6.45) is 0. The van der Waals surface area contributed by atoms with Gasteiger partial charge in [-0.1, -0.05) is 11.6 Å². The Balaban J connectivity index is 2.57. The Morgan fingerprint density at radius 1 is 1.42 bits per heavy atom. The minimum atomic E-state index is -1.47. The van der Waals surface area contributed by atoms with Crippen molar-refractivity contribution >= 4 is 28.9 Å². The first-order valence-electron chi connectivity index (χ1n) is 6.53. The van der Waals surface area contributed by atoms with Gasteiger partial charge in [0, 0.05) is 23.2 Å². The number of rotatable bonds is 3. The van der Waals surface area contributed by atoms with Crippen LogP contribution in [0.15, 0.2) is 33.2 Å². The number of aromatic nitrogens is 1. The number of hydrogen-bond acceptors (Lipinski definition) is 7. The highest BCUT2D eigenvalue weighted by Crippen LogP contribution is 2.27. The Kier molecular flexibility index (Phi) is 4.66. The van der Waals surface area contributed by atoms with E-state index < -0.39 is 17.4 Å².